The number of likely N-dealkylation sites (tertiary alicyclic amines) is 1. The molecule has 1 fully saturated rings. The van der Waals surface area contributed by atoms with Crippen LogP contribution >= 0.6 is 11.6 Å². The van der Waals surface area contributed by atoms with Crippen LogP contribution in [0.4, 0.5) is 16.3 Å². The first-order chi connectivity index (χ1) is 15.4. The third-order valence-corrected chi connectivity index (χ3v) is 6.55. The topological polar surface area (TPSA) is 96.5 Å². The molecular formula is C22H23ClN6O3. The van der Waals surface area contributed by atoms with Gasteiger partial charge in [-0.2, -0.15) is 5.10 Å². The van der Waals surface area contributed by atoms with Crippen molar-refractivity contribution >= 4 is 35.0 Å². The number of benzene rings is 1. The van der Waals surface area contributed by atoms with E-state index < -0.39 is 5.54 Å². The Labute approximate surface area is 189 Å². The zero-order valence-electron chi connectivity index (χ0n) is 17.6. The van der Waals surface area contributed by atoms with E-state index in [0.29, 0.717) is 61.1 Å². The molecule has 3 amide bonds. The largest absolute Gasteiger partial charge is 0.361 e. The number of para-hydroxylation sites is 1. The van der Waals surface area contributed by atoms with E-state index in [1.165, 1.54) is 0 Å². The summed E-state index contributed by atoms with van der Waals surface area (Å²) in [6, 6.07) is 10.6. The number of piperidine rings is 1. The molecule has 166 valence electrons. The number of nitrogens with zero attached hydrogens (tertiary/aromatic N) is 5. The Bertz CT molecular complexity index is 1160. The van der Waals surface area contributed by atoms with E-state index in [2.05, 4.69) is 15.6 Å². The first-order valence-corrected chi connectivity index (χ1v) is 10.9. The third kappa shape index (κ3) is 3.62. The van der Waals surface area contributed by atoms with Gasteiger partial charge in [-0.3, -0.25) is 9.69 Å². The van der Waals surface area contributed by atoms with Gasteiger partial charge in [0, 0.05) is 25.2 Å². The molecule has 3 aromatic rings. The van der Waals surface area contributed by atoms with Crippen molar-refractivity contribution in [2.24, 2.45) is 0 Å². The van der Waals surface area contributed by atoms with Gasteiger partial charge in [0.1, 0.15) is 17.3 Å². The lowest BCUT2D eigenvalue weighted by Crippen LogP contribution is -2.55. The highest BCUT2D eigenvalue weighted by molar-refractivity contribution is 6.33. The van der Waals surface area contributed by atoms with Gasteiger partial charge in [-0.15, -0.1) is 0 Å². The Kier molecular flexibility index (Phi) is 5.13. The monoisotopic (exact) mass is 454 g/mol. The number of amides is 3. The normalized spacial score (nSPS) is 17.5. The SMILES string of the molecule is Cc1cc(CN2C(=O)CC3(CCN(C(=O)Nc4ccccc4Cl)CC3)n3nccc32)no1. The lowest BCUT2D eigenvalue weighted by molar-refractivity contribution is -0.123. The quantitative estimate of drug-likeness (QED) is 0.649. The van der Waals surface area contributed by atoms with Gasteiger partial charge < -0.3 is 14.7 Å². The zero-order chi connectivity index (χ0) is 22.3. The van der Waals surface area contributed by atoms with Crippen molar-refractivity contribution in [3.8, 4) is 0 Å². The number of hydrogen-bond donors (Lipinski definition) is 1. The van der Waals surface area contributed by atoms with Crippen molar-refractivity contribution in [1.82, 2.24) is 19.8 Å². The number of aryl methyl sites for hydroxylation is 1. The second-order valence-electron chi connectivity index (χ2n) is 8.31. The van der Waals surface area contributed by atoms with Crippen LogP contribution in [-0.2, 0) is 16.9 Å². The highest BCUT2D eigenvalue weighted by Gasteiger charge is 2.46. The van der Waals surface area contributed by atoms with Crippen LogP contribution in [0.2, 0.25) is 5.02 Å². The molecule has 5 rings (SSSR count). The number of fused-ring (bicyclic) bond motifs is 2. The molecule has 2 aliphatic heterocycles. The minimum absolute atomic E-state index is 0.0209. The number of hydrogen-bond acceptors (Lipinski definition) is 5. The van der Waals surface area contributed by atoms with Crippen LogP contribution in [0.15, 0.2) is 47.1 Å². The van der Waals surface area contributed by atoms with Gasteiger partial charge in [0.05, 0.1) is 35.4 Å². The number of urea groups is 1. The summed E-state index contributed by atoms with van der Waals surface area (Å²) >= 11 is 6.16. The number of carbonyl (C=O) groups excluding carboxylic acids is 2. The Balaban J connectivity index is 1.31. The highest BCUT2D eigenvalue weighted by atomic mass is 35.5. The summed E-state index contributed by atoms with van der Waals surface area (Å²) in [6.45, 7) is 3.20. The van der Waals surface area contributed by atoms with Crippen LogP contribution in [-0.4, -0.2) is 44.9 Å². The molecule has 0 bridgehead atoms. The number of aromatic nitrogens is 3. The van der Waals surface area contributed by atoms with Crippen molar-refractivity contribution in [3.05, 3.63) is 59.1 Å². The van der Waals surface area contributed by atoms with E-state index in [9.17, 15) is 9.59 Å². The smallest absolute Gasteiger partial charge is 0.321 e. The van der Waals surface area contributed by atoms with Crippen molar-refractivity contribution in [2.75, 3.05) is 23.3 Å². The van der Waals surface area contributed by atoms with Crippen LogP contribution in [0, 0.1) is 6.92 Å². The number of rotatable bonds is 3. The van der Waals surface area contributed by atoms with Crippen molar-refractivity contribution in [1.29, 1.82) is 0 Å². The molecule has 0 unspecified atom stereocenters. The molecule has 4 heterocycles. The molecule has 32 heavy (non-hydrogen) atoms. The van der Waals surface area contributed by atoms with Crippen LogP contribution in [0.3, 0.4) is 0 Å². The highest BCUT2D eigenvalue weighted by Crippen LogP contribution is 2.41. The number of anilines is 2. The summed E-state index contributed by atoms with van der Waals surface area (Å²) in [5.74, 6) is 1.47. The summed E-state index contributed by atoms with van der Waals surface area (Å²) in [6.07, 6.45) is 3.33. The maximum Gasteiger partial charge on any atom is 0.321 e. The Morgan fingerprint density at radius 3 is 2.75 bits per heavy atom. The molecular weight excluding hydrogens is 432 g/mol. The molecule has 1 N–H and O–H groups in total. The molecule has 1 spiro atoms. The average Bonchev–Trinajstić information content (AvgIpc) is 3.43. The minimum Gasteiger partial charge on any atom is -0.361 e. The van der Waals surface area contributed by atoms with E-state index >= 15 is 0 Å². The lowest BCUT2D eigenvalue weighted by atomic mass is 9.82. The van der Waals surface area contributed by atoms with Gasteiger partial charge >= 0.3 is 6.03 Å². The fourth-order valence-electron chi connectivity index (χ4n) is 4.54. The number of nitrogens with one attached hydrogen (secondary N) is 1. The summed E-state index contributed by atoms with van der Waals surface area (Å²) in [7, 11) is 0. The summed E-state index contributed by atoms with van der Waals surface area (Å²) in [4.78, 5) is 29.4. The Hall–Kier alpha value is -3.33. The maximum absolute atomic E-state index is 13.2. The van der Waals surface area contributed by atoms with E-state index in [4.69, 9.17) is 16.1 Å². The van der Waals surface area contributed by atoms with Gasteiger partial charge in [-0.1, -0.05) is 28.9 Å². The molecule has 0 radical (unpaired) electrons. The molecule has 0 atom stereocenters. The molecule has 2 aliphatic rings. The number of carbonyl (C=O) groups is 2. The summed E-state index contributed by atoms with van der Waals surface area (Å²) in [5.41, 5.74) is 0.846. The fourth-order valence-corrected chi connectivity index (χ4v) is 4.72. The van der Waals surface area contributed by atoms with Crippen LogP contribution in [0.5, 0.6) is 0 Å². The van der Waals surface area contributed by atoms with Gasteiger partial charge in [-0.05, 0) is 31.9 Å². The second-order valence-corrected chi connectivity index (χ2v) is 8.72. The third-order valence-electron chi connectivity index (χ3n) is 6.22. The van der Waals surface area contributed by atoms with Crippen LogP contribution in [0.25, 0.3) is 0 Å². The summed E-state index contributed by atoms with van der Waals surface area (Å²) < 4.78 is 7.09. The predicted molar refractivity (Wildman–Crippen MR) is 119 cm³/mol. The van der Waals surface area contributed by atoms with E-state index in [0.717, 1.165) is 5.82 Å². The van der Waals surface area contributed by atoms with Crippen molar-refractivity contribution in [3.63, 3.8) is 0 Å². The minimum atomic E-state index is -0.437. The van der Waals surface area contributed by atoms with E-state index in [-0.39, 0.29) is 11.9 Å². The maximum atomic E-state index is 13.2. The zero-order valence-corrected chi connectivity index (χ0v) is 18.4. The molecule has 10 heteroatoms. The van der Waals surface area contributed by atoms with Crippen LogP contribution < -0.4 is 10.2 Å². The fraction of sp³-hybridized carbons (Fsp3) is 0.364. The predicted octanol–water partition coefficient (Wildman–Crippen LogP) is 3.79. The van der Waals surface area contributed by atoms with Gasteiger partial charge in [0.15, 0.2) is 0 Å². The number of halogens is 1. The first kappa shape index (κ1) is 20.6. The molecule has 2 aromatic heterocycles. The van der Waals surface area contributed by atoms with Crippen molar-refractivity contribution < 1.29 is 14.1 Å². The second kappa shape index (κ2) is 7.98. The molecule has 1 saturated heterocycles. The first-order valence-electron chi connectivity index (χ1n) is 10.5. The van der Waals surface area contributed by atoms with Crippen LogP contribution in [0.1, 0.15) is 30.7 Å². The molecule has 1 aromatic carbocycles. The molecule has 0 saturated carbocycles. The van der Waals surface area contributed by atoms with E-state index in [1.807, 2.05) is 35.9 Å². The lowest BCUT2D eigenvalue weighted by Gasteiger charge is -2.46. The Morgan fingerprint density at radius 2 is 2.03 bits per heavy atom. The average molecular weight is 455 g/mol. The summed E-state index contributed by atoms with van der Waals surface area (Å²) in [5, 5.41) is 11.9. The van der Waals surface area contributed by atoms with E-state index in [1.54, 1.807) is 28.1 Å². The standard InChI is InChI=1S/C22H23ClN6O3/c1-15-12-16(26-32-15)14-28-19-6-9-24-29(19)22(13-20(28)30)7-10-27(11-8-22)21(31)25-18-5-3-2-4-17(18)23/h2-6,9,12H,7-8,10-11,13-14H2,1H3,(H,25,31). The molecule has 9 nitrogen and oxygen atoms in total. The molecule has 0 aliphatic carbocycles. The van der Waals surface area contributed by atoms with Gasteiger partial charge in [-0.25, -0.2) is 9.48 Å². The van der Waals surface area contributed by atoms with Gasteiger partial charge in [0.25, 0.3) is 0 Å². The van der Waals surface area contributed by atoms with Gasteiger partial charge in [0.2, 0.25) is 5.91 Å². The van der Waals surface area contributed by atoms with Crippen molar-refractivity contribution in [2.45, 2.75) is 38.3 Å². The Morgan fingerprint density at radius 1 is 1.25 bits per heavy atom.